The van der Waals surface area contributed by atoms with Crippen molar-refractivity contribution in [2.24, 2.45) is 0 Å². The molecule has 0 fully saturated rings. The van der Waals surface area contributed by atoms with Crippen LogP contribution in [0.4, 0.5) is 0 Å². The SMILES string of the molecule is COCCOCCOCCOc1cccnc1Cl. The zero-order chi connectivity index (χ0) is 13.1. The molecule has 5 nitrogen and oxygen atoms in total. The molecular formula is C12H18ClNO4. The summed E-state index contributed by atoms with van der Waals surface area (Å²) in [7, 11) is 1.64. The number of nitrogens with zero attached hydrogens (tertiary/aromatic N) is 1. The summed E-state index contributed by atoms with van der Waals surface area (Å²) in [4.78, 5) is 3.90. The van der Waals surface area contributed by atoms with Gasteiger partial charge in [0.15, 0.2) is 10.9 Å². The first-order valence-electron chi connectivity index (χ1n) is 5.72. The van der Waals surface area contributed by atoms with Crippen molar-refractivity contribution in [1.82, 2.24) is 4.98 Å². The number of hydrogen-bond donors (Lipinski definition) is 0. The first kappa shape index (κ1) is 15.2. The van der Waals surface area contributed by atoms with Crippen LogP contribution in [0.1, 0.15) is 0 Å². The molecular weight excluding hydrogens is 258 g/mol. The van der Waals surface area contributed by atoms with E-state index in [1.54, 1.807) is 25.4 Å². The van der Waals surface area contributed by atoms with Gasteiger partial charge in [0.25, 0.3) is 0 Å². The third kappa shape index (κ3) is 6.76. The van der Waals surface area contributed by atoms with Crippen LogP contribution in [0.5, 0.6) is 5.75 Å². The van der Waals surface area contributed by atoms with E-state index in [2.05, 4.69) is 4.98 Å². The van der Waals surface area contributed by atoms with Crippen LogP contribution < -0.4 is 4.74 Å². The van der Waals surface area contributed by atoms with Gasteiger partial charge in [-0.05, 0) is 12.1 Å². The van der Waals surface area contributed by atoms with Gasteiger partial charge in [0, 0.05) is 13.3 Å². The number of pyridine rings is 1. The Balaban J connectivity index is 1.94. The maximum Gasteiger partial charge on any atom is 0.171 e. The van der Waals surface area contributed by atoms with Crippen molar-refractivity contribution < 1.29 is 18.9 Å². The van der Waals surface area contributed by atoms with Gasteiger partial charge in [0.2, 0.25) is 0 Å². The normalized spacial score (nSPS) is 10.6. The fourth-order valence-corrected chi connectivity index (χ4v) is 1.33. The first-order valence-corrected chi connectivity index (χ1v) is 6.10. The summed E-state index contributed by atoms with van der Waals surface area (Å²) in [6.07, 6.45) is 1.61. The Hall–Kier alpha value is -0.880. The molecule has 0 aliphatic rings. The van der Waals surface area contributed by atoms with Crippen LogP contribution in [-0.4, -0.2) is 51.7 Å². The van der Waals surface area contributed by atoms with E-state index in [1.807, 2.05) is 0 Å². The minimum absolute atomic E-state index is 0.361. The first-order chi connectivity index (χ1) is 8.84. The molecule has 18 heavy (non-hydrogen) atoms. The standard InChI is InChI=1S/C12H18ClNO4/c1-15-5-6-16-7-8-17-9-10-18-11-3-2-4-14-12(11)13/h2-4H,5-10H2,1H3. The summed E-state index contributed by atoms with van der Waals surface area (Å²) in [6, 6.07) is 3.54. The minimum Gasteiger partial charge on any atom is -0.488 e. The Morgan fingerprint density at radius 2 is 1.72 bits per heavy atom. The van der Waals surface area contributed by atoms with Crippen molar-refractivity contribution in [1.29, 1.82) is 0 Å². The molecule has 0 saturated carbocycles. The van der Waals surface area contributed by atoms with Gasteiger partial charge in [-0.15, -0.1) is 0 Å². The van der Waals surface area contributed by atoms with Crippen molar-refractivity contribution in [3.63, 3.8) is 0 Å². The highest BCUT2D eigenvalue weighted by Crippen LogP contribution is 2.19. The molecule has 0 bridgehead atoms. The van der Waals surface area contributed by atoms with E-state index in [0.29, 0.717) is 50.5 Å². The van der Waals surface area contributed by atoms with Gasteiger partial charge >= 0.3 is 0 Å². The molecule has 0 saturated heterocycles. The predicted molar refractivity (Wildman–Crippen MR) is 68.3 cm³/mol. The molecule has 0 aliphatic heterocycles. The second kappa shape index (κ2) is 10.1. The lowest BCUT2D eigenvalue weighted by molar-refractivity contribution is 0.0179. The number of rotatable bonds is 10. The third-order valence-electron chi connectivity index (χ3n) is 2.01. The summed E-state index contributed by atoms with van der Waals surface area (Å²) in [5.41, 5.74) is 0. The quantitative estimate of drug-likeness (QED) is 0.481. The lowest BCUT2D eigenvalue weighted by Gasteiger charge is -2.08. The lowest BCUT2D eigenvalue weighted by Crippen LogP contribution is -2.12. The highest BCUT2D eigenvalue weighted by atomic mass is 35.5. The van der Waals surface area contributed by atoms with Gasteiger partial charge in [-0.3, -0.25) is 0 Å². The fraction of sp³-hybridized carbons (Fsp3) is 0.583. The Morgan fingerprint density at radius 3 is 2.39 bits per heavy atom. The number of hydrogen-bond acceptors (Lipinski definition) is 5. The Kier molecular flexibility index (Phi) is 8.50. The van der Waals surface area contributed by atoms with Crippen LogP contribution in [-0.2, 0) is 14.2 Å². The molecule has 6 heteroatoms. The summed E-state index contributed by atoms with van der Waals surface area (Å²) >= 11 is 5.83. The average Bonchev–Trinajstić information content (AvgIpc) is 2.39. The highest BCUT2D eigenvalue weighted by molar-refractivity contribution is 6.30. The number of halogens is 1. The number of methoxy groups -OCH3 is 1. The van der Waals surface area contributed by atoms with Crippen LogP contribution in [0, 0.1) is 0 Å². The van der Waals surface area contributed by atoms with Crippen molar-refractivity contribution >= 4 is 11.6 Å². The largest absolute Gasteiger partial charge is 0.488 e. The third-order valence-corrected chi connectivity index (χ3v) is 2.30. The van der Waals surface area contributed by atoms with Gasteiger partial charge in [-0.25, -0.2) is 4.98 Å². The van der Waals surface area contributed by atoms with Crippen LogP contribution in [0.25, 0.3) is 0 Å². The van der Waals surface area contributed by atoms with Gasteiger partial charge < -0.3 is 18.9 Å². The van der Waals surface area contributed by atoms with Gasteiger partial charge in [-0.1, -0.05) is 11.6 Å². The highest BCUT2D eigenvalue weighted by Gasteiger charge is 2.00. The van der Waals surface area contributed by atoms with E-state index in [-0.39, 0.29) is 0 Å². The average molecular weight is 276 g/mol. The zero-order valence-corrected chi connectivity index (χ0v) is 11.2. The minimum atomic E-state index is 0.361. The summed E-state index contributed by atoms with van der Waals surface area (Å²) in [5.74, 6) is 0.569. The smallest absolute Gasteiger partial charge is 0.171 e. The van der Waals surface area contributed by atoms with Crippen molar-refractivity contribution in [3.8, 4) is 5.75 Å². The van der Waals surface area contributed by atoms with Crippen LogP contribution in [0.15, 0.2) is 18.3 Å². The van der Waals surface area contributed by atoms with Gasteiger partial charge in [0.1, 0.15) is 6.61 Å². The van der Waals surface area contributed by atoms with E-state index in [0.717, 1.165) is 0 Å². The lowest BCUT2D eigenvalue weighted by atomic mass is 10.5. The van der Waals surface area contributed by atoms with E-state index in [1.165, 1.54) is 0 Å². The maximum absolute atomic E-state index is 5.83. The molecule has 0 aliphatic carbocycles. The van der Waals surface area contributed by atoms with E-state index < -0.39 is 0 Å². The molecule has 0 unspecified atom stereocenters. The van der Waals surface area contributed by atoms with Crippen LogP contribution in [0.2, 0.25) is 5.15 Å². The second-order valence-electron chi connectivity index (χ2n) is 3.36. The molecule has 1 heterocycles. The van der Waals surface area contributed by atoms with Crippen LogP contribution >= 0.6 is 11.6 Å². The van der Waals surface area contributed by atoms with E-state index in [9.17, 15) is 0 Å². The monoisotopic (exact) mass is 275 g/mol. The number of aromatic nitrogens is 1. The molecule has 1 rings (SSSR count). The molecule has 1 aromatic rings. The fourth-order valence-electron chi connectivity index (χ4n) is 1.15. The molecule has 0 radical (unpaired) electrons. The molecule has 1 aromatic heterocycles. The summed E-state index contributed by atoms with van der Waals surface area (Å²) in [6.45, 7) is 3.19. The predicted octanol–water partition coefficient (Wildman–Crippen LogP) is 1.79. The number of ether oxygens (including phenoxy) is 4. The molecule has 0 aromatic carbocycles. The van der Waals surface area contributed by atoms with Gasteiger partial charge in [-0.2, -0.15) is 0 Å². The molecule has 0 spiro atoms. The van der Waals surface area contributed by atoms with E-state index >= 15 is 0 Å². The molecule has 0 amide bonds. The van der Waals surface area contributed by atoms with Crippen molar-refractivity contribution in [3.05, 3.63) is 23.5 Å². The molecule has 0 N–H and O–H groups in total. The van der Waals surface area contributed by atoms with Crippen LogP contribution in [0.3, 0.4) is 0 Å². The Labute approximate surface area is 112 Å². The second-order valence-corrected chi connectivity index (χ2v) is 3.72. The van der Waals surface area contributed by atoms with Gasteiger partial charge in [0.05, 0.1) is 33.0 Å². The molecule has 0 atom stereocenters. The molecule has 102 valence electrons. The maximum atomic E-state index is 5.83. The summed E-state index contributed by atoms with van der Waals surface area (Å²) in [5, 5.41) is 0.361. The Morgan fingerprint density at radius 1 is 1.06 bits per heavy atom. The van der Waals surface area contributed by atoms with Crippen molar-refractivity contribution in [2.75, 3.05) is 46.8 Å². The Bertz CT molecular complexity index is 325. The summed E-state index contributed by atoms with van der Waals surface area (Å²) < 4.78 is 20.8. The van der Waals surface area contributed by atoms with E-state index in [4.69, 9.17) is 30.5 Å². The van der Waals surface area contributed by atoms with Crippen molar-refractivity contribution in [2.45, 2.75) is 0 Å². The zero-order valence-electron chi connectivity index (χ0n) is 10.4. The topological polar surface area (TPSA) is 49.8 Å².